The molecule has 2 rings (SSSR count). The number of anilines is 2. The fraction of sp³-hybridized carbons (Fsp3) is 0.571. The van der Waals surface area contributed by atoms with Gasteiger partial charge in [0.1, 0.15) is 0 Å². The molecule has 106 valence electrons. The first-order valence-corrected chi connectivity index (χ1v) is 6.58. The zero-order valence-corrected chi connectivity index (χ0v) is 10.9. The van der Waals surface area contributed by atoms with Crippen LogP contribution in [-0.4, -0.2) is 6.54 Å². The average molecular weight is 272 g/mol. The second kappa shape index (κ2) is 5.31. The highest BCUT2D eigenvalue weighted by Crippen LogP contribution is 2.34. The van der Waals surface area contributed by atoms with Crippen molar-refractivity contribution in [3.05, 3.63) is 23.8 Å². The van der Waals surface area contributed by atoms with Crippen LogP contribution in [0.3, 0.4) is 0 Å². The van der Waals surface area contributed by atoms with Crippen LogP contribution in [-0.2, 0) is 6.18 Å². The molecule has 0 amide bonds. The summed E-state index contributed by atoms with van der Waals surface area (Å²) in [5.74, 6) is 1.25. The molecule has 0 radical (unpaired) electrons. The molecule has 3 N–H and O–H groups in total. The molecular weight excluding hydrogens is 253 g/mol. The Balaban J connectivity index is 2.01. The fourth-order valence-corrected chi connectivity index (χ4v) is 2.67. The van der Waals surface area contributed by atoms with Crippen molar-refractivity contribution in [2.75, 3.05) is 17.6 Å². The third kappa shape index (κ3) is 3.33. The number of alkyl halides is 3. The lowest BCUT2D eigenvalue weighted by Crippen LogP contribution is -2.17. The maximum atomic E-state index is 12.5. The Morgan fingerprint density at radius 1 is 1.32 bits per heavy atom. The standard InChI is InChI=1S/C14H19F3N2/c1-9-3-2-4-10(9)8-19-13-6-5-11(7-12(13)18)14(15,16)17/h5-7,9-10,19H,2-4,8,18H2,1H3. The SMILES string of the molecule is CC1CCCC1CNc1ccc(C(F)(F)F)cc1N. The molecule has 0 aromatic heterocycles. The van der Waals surface area contributed by atoms with Gasteiger partial charge in [0, 0.05) is 6.54 Å². The van der Waals surface area contributed by atoms with E-state index in [9.17, 15) is 13.2 Å². The number of nitrogen functional groups attached to an aromatic ring is 1. The molecule has 0 heterocycles. The highest BCUT2D eigenvalue weighted by atomic mass is 19.4. The minimum atomic E-state index is -4.34. The monoisotopic (exact) mass is 272 g/mol. The third-order valence-corrected chi connectivity index (χ3v) is 3.97. The van der Waals surface area contributed by atoms with Crippen molar-refractivity contribution in [2.45, 2.75) is 32.4 Å². The van der Waals surface area contributed by atoms with Crippen molar-refractivity contribution in [3.63, 3.8) is 0 Å². The van der Waals surface area contributed by atoms with Gasteiger partial charge in [-0.3, -0.25) is 0 Å². The Hall–Kier alpha value is -1.39. The van der Waals surface area contributed by atoms with E-state index in [1.54, 1.807) is 0 Å². The van der Waals surface area contributed by atoms with Crippen LogP contribution in [0.25, 0.3) is 0 Å². The van der Waals surface area contributed by atoms with Gasteiger partial charge in [0.2, 0.25) is 0 Å². The summed E-state index contributed by atoms with van der Waals surface area (Å²) < 4.78 is 37.5. The molecule has 2 nitrogen and oxygen atoms in total. The molecule has 0 bridgehead atoms. The van der Waals surface area contributed by atoms with Gasteiger partial charge < -0.3 is 11.1 Å². The van der Waals surface area contributed by atoms with Crippen molar-refractivity contribution in [1.29, 1.82) is 0 Å². The van der Waals surface area contributed by atoms with E-state index in [1.165, 1.54) is 25.3 Å². The van der Waals surface area contributed by atoms with Gasteiger partial charge in [-0.15, -0.1) is 0 Å². The summed E-state index contributed by atoms with van der Waals surface area (Å²) in [5, 5.41) is 3.17. The Morgan fingerprint density at radius 2 is 2.05 bits per heavy atom. The third-order valence-electron chi connectivity index (χ3n) is 3.97. The number of rotatable bonds is 3. The number of halogens is 3. The maximum absolute atomic E-state index is 12.5. The van der Waals surface area contributed by atoms with Gasteiger partial charge in [0.05, 0.1) is 16.9 Å². The van der Waals surface area contributed by atoms with E-state index >= 15 is 0 Å². The van der Waals surface area contributed by atoms with E-state index < -0.39 is 11.7 Å². The predicted molar refractivity (Wildman–Crippen MR) is 70.9 cm³/mol. The van der Waals surface area contributed by atoms with Crippen molar-refractivity contribution < 1.29 is 13.2 Å². The smallest absolute Gasteiger partial charge is 0.397 e. The Labute approximate surface area is 111 Å². The van der Waals surface area contributed by atoms with Gasteiger partial charge in [0.15, 0.2) is 0 Å². The normalized spacial score (nSPS) is 23.6. The van der Waals surface area contributed by atoms with Gasteiger partial charge in [-0.1, -0.05) is 19.8 Å². The van der Waals surface area contributed by atoms with E-state index in [0.29, 0.717) is 17.5 Å². The first-order chi connectivity index (χ1) is 8.88. The van der Waals surface area contributed by atoms with Crippen molar-refractivity contribution >= 4 is 11.4 Å². The van der Waals surface area contributed by atoms with E-state index in [1.807, 2.05) is 0 Å². The van der Waals surface area contributed by atoms with E-state index in [-0.39, 0.29) is 5.69 Å². The first kappa shape index (κ1) is 14.0. The van der Waals surface area contributed by atoms with Gasteiger partial charge >= 0.3 is 6.18 Å². The number of hydrogen-bond acceptors (Lipinski definition) is 2. The zero-order valence-electron chi connectivity index (χ0n) is 10.9. The molecule has 19 heavy (non-hydrogen) atoms. The van der Waals surface area contributed by atoms with Crippen LogP contribution in [0.15, 0.2) is 18.2 Å². The molecule has 1 aliphatic carbocycles. The molecular formula is C14H19F3N2. The van der Waals surface area contributed by atoms with E-state index in [4.69, 9.17) is 5.73 Å². The molecule has 0 aliphatic heterocycles. The summed E-state index contributed by atoms with van der Waals surface area (Å²) >= 11 is 0. The Morgan fingerprint density at radius 3 is 2.58 bits per heavy atom. The number of hydrogen-bond donors (Lipinski definition) is 2. The first-order valence-electron chi connectivity index (χ1n) is 6.58. The van der Waals surface area contributed by atoms with Crippen LogP contribution in [0, 0.1) is 11.8 Å². The highest BCUT2D eigenvalue weighted by molar-refractivity contribution is 5.67. The van der Waals surface area contributed by atoms with Crippen molar-refractivity contribution in [3.8, 4) is 0 Å². The summed E-state index contributed by atoms with van der Waals surface area (Å²) in [4.78, 5) is 0. The second-order valence-corrected chi connectivity index (χ2v) is 5.35. The lowest BCUT2D eigenvalue weighted by atomic mass is 9.98. The molecule has 2 atom stereocenters. The molecule has 0 saturated heterocycles. The van der Waals surface area contributed by atoms with E-state index in [0.717, 1.165) is 18.7 Å². The Bertz CT molecular complexity index is 443. The minimum Gasteiger partial charge on any atom is -0.397 e. The number of benzene rings is 1. The molecule has 1 fully saturated rings. The lowest BCUT2D eigenvalue weighted by molar-refractivity contribution is -0.137. The summed E-state index contributed by atoms with van der Waals surface area (Å²) in [6.07, 6.45) is -0.702. The molecule has 1 saturated carbocycles. The highest BCUT2D eigenvalue weighted by Gasteiger charge is 2.31. The van der Waals surface area contributed by atoms with Crippen molar-refractivity contribution in [2.24, 2.45) is 11.8 Å². The van der Waals surface area contributed by atoms with Crippen LogP contribution in [0.2, 0.25) is 0 Å². The topological polar surface area (TPSA) is 38.0 Å². The second-order valence-electron chi connectivity index (χ2n) is 5.35. The molecule has 5 heteroatoms. The summed E-state index contributed by atoms with van der Waals surface area (Å²) in [6, 6.07) is 3.47. The van der Waals surface area contributed by atoms with Gasteiger partial charge in [-0.25, -0.2) is 0 Å². The van der Waals surface area contributed by atoms with E-state index in [2.05, 4.69) is 12.2 Å². The maximum Gasteiger partial charge on any atom is 0.416 e. The van der Waals surface area contributed by atoms with Crippen LogP contribution in [0.4, 0.5) is 24.5 Å². The summed E-state index contributed by atoms with van der Waals surface area (Å²) in [5.41, 5.74) is 5.71. The molecule has 0 spiro atoms. The summed E-state index contributed by atoms with van der Waals surface area (Å²) in [7, 11) is 0. The van der Waals surface area contributed by atoms with Gasteiger partial charge in [-0.05, 0) is 36.5 Å². The lowest BCUT2D eigenvalue weighted by Gasteiger charge is -2.18. The summed E-state index contributed by atoms with van der Waals surface area (Å²) in [6.45, 7) is 2.99. The quantitative estimate of drug-likeness (QED) is 0.812. The fourth-order valence-electron chi connectivity index (χ4n) is 2.67. The molecule has 1 aromatic carbocycles. The number of nitrogens with two attached hydrogens (primary N) is 1. The number of nitrogens with one attached hydrogen (secondary N) is 1. The van der Waals surface area contributed by atoms with Crippen LogP contribution in [0.1, 0.15) is 31.7 Å². The molecule has 1 aromatic rings. The largest absolute Gasteiger partial charge is 0.416 e. The average Bonchev–Trinajstić information content (AvgIpc) is 2.72. The van der Waals surface area contributed by atoms with Gasteiger partial charge in [0.25, 0.3) is 0 Å². The Kier molecular flexibility index (Phi) is 3.92. The van der Waals surface area contributed by atoms with Crippen molar-refractivity contribution in [1.82, 2.24) is 0 Å². The zero-order chi connectivity index (χ0) is 14.0. The van der Waals surface area contributed by atoms with Crippen LogP contribution >= 0.6 is 0 Å². The minimum absolute atomic E-state index is 0.153. The molecule has 1 aliphatic rings. The van der Waals surface area contributed by atoms with Crippen LogP contribution < -0.4 is 11.1 Å². The van der Waals surface area contributed by atoms with Gasteiger partial charge in [-0.2, -0.15) is 13.2 Å². The van der Waals surface area contributed by atoms with Crippen LogP contribution in [0.5, 0.6) is 0 Å². The predicted octanol–water partition coefficient (Wildman–Crippen LogP) is 4.14. The molecule has 2 unspecified atom stereocenters.